The predicted octanol–water partition coefficient (Wildman–Crippen LogP) is 5.43. The zero-order valence-electron chi connectivity index (χ0n) is 9.98. The second kappa shape index (κ2) is 6.31. The summed E-state index contributed by atoms with van der Waals surface area (Å²) in [6.45, 7) is 0. The molecule has 0 heterocycles. The van der Waals surface area contributed by atoms with E-state index in [0.717, 1.165) is 11.6 Å². The van der Waals surface area contributed by atoms with Crippen molar-refractivity contribution in [3.8, 4) is 11.5 Å². The minimum absolute atomic E-state index is 0.0306. The normalized spacial score (nSPS) is 10.3. The summed E-state index contributed by atoms with van der Waals surface area (Å²) < 4.78 is 5.48. The topological polar surface area (TPSA) is 52.4 Å². The van der Waals surface area contributed by atoms with Gasteiger partial charge in [0.1, 0.15) is 5.75 Å². The second-order valence-corrected chi connectivity index (χ2v) is 4.95. The van der Waals surface area contributed by atoms with Crippen molar-refractivity contribution in [2.24, 2.45) is 0 Å². The average molecular weight is 333 g/mol. The number of ether oxygens (including phenoxy) is 1. The summed E-state index contributed by atoms with van der Waals surface area (Å²) in [5, 5.41) is 11.3. The van der Waals surface area contributed by atoms with E-state index < -0.39 is 4.92 Å². The van der Waals surface area contributed by atoms with Crippen molar-refractivity contribution in [3.05, 3.63) is 62.1 Å². The summed E-state index contributed by atoms with van der Waals surface area (Å²) >= 11 is 17.3. The van der Waals surface area contributed by atoms with E-state index in [4.69, 9.17) is 39.5 Å². The maximum atomic E-state index is 11.0. The van der Waals surface area contributed by atoms with Crippen LogP contribution < -0.4 is 4.74 Å². The summed E-state index contributed by atoms with van der Waals surface area (Å²) in [6.07, 6.45) is 0. The van der Waals surface area contributed by atoms with Crippen LogP contribution in [0.4, 0.5) is 5.69 Å². The van der Waals surface area contributed by atoms with Crippen LogP contribution in [0.1, 0.15) is 5.56 Å². The van der Waals surface area contributed by atoms with Crippen molar-refractivity contribution in [1.82, 2.24) is 0 Å². The summed E-state index contributed by atoms with van der Waals surface area (Å²) in [5.41, 5.74) is 0.670. The van der Waals surface area contributed by atoms with Crippen LogP contribution >= 0.6 is 34.8 Å². The van der Waals surface area contributed by atoms with Gasteiger partial charge >= 0.3 is 5.69 Å². The van der Waals surface area contributed by atoms with Crippen molar-refractivity contribution >= 4 is 40.5 Å². The first-order chi connectivity index (χ1) is 9.51. The highest BCUT2D eigenvalue weighted by atomic mass is 35.5. The van der Waals surface area contributed by atoms with Gasteiger partial charge in [0.25, 0.3) is 0 Å². The van der Waals surface area contributed by atoms with Crippen LogP contribution in [-0.2, 0) is 5.88 Å². The van der Waals surface area contributed by atoms with E-state index in [2.05, 4.69) is 0 Å². The number of benzene rings is 2. The molecule has 2 rings (SSSR count). The highest BCUT2D eigenvalue weighted by Crippen LogP contribution is 2.38. The lowest BCUT2D eigenvalue weighted by molar-refractivity contribution is -0.385. The number of alkyl halides is 1. The van der Waals surface area contributed by atoms with Crippen LogP contribution in [0.3, 0.4) is 0 Å². The van der Waals surface area contributed by atoms with E-state index in [0.29, 0.717) is 11.6 Å². The van der Waals surface area contributed by atoms with Crippen molar-refractivity contribution in [3.63, 3.8) is 0 Å². The molecule has 0 aliphatic heterocycles. The van der Waals surface area contributed by atoms with Gasteiger partial charge in [-0.2, -0.15) is 0 Å². The van der Waals surface area contributed by atoms with Crippen molar-refractivity contribution in [2.75, 3.05) is 0 Å². The Hall–Kier alpha value is -1.49. The minimum atomic E-state index is -0.579. The third-order valence-corrected chi connectivity index (χ3v) is 3.53. The summed E-state index contributed by atoms with van der Waals surface area (Å²) in [4.78, 5) is 10.4. The lowest BCUT2D eigenvalue weighted by Gasteiger charge is -2.08. The zero-order valence-corrected chi connectivity index (χ0v) is 12.2. The molecule has 7 heteroatoms. The van der Waals surface area contributed by atoms with Crippen LogP contribution in [0.5, 0.6) is 11.5 Å². The first-order valence-corrected chi connectivity index (χ1v) is 6.76. The molecule has 0 N–H and O–H groups in total. The molecular formula is C13H8Cl3NO3. The predicted molar refractivity (Wildman–Crippen MR) is 79.2 cm³/mol. The Morgan fingerprint density at radius 1 is 1.10 bits per heavy atom. The molecule has 0 saturated carbocycles. The minimum Gasteiger partial charge on any atom is -0.450 e. The van der Waals surface area contributed by atoms with E-state index in [1.807, 2.05) is 0 Å². The quantitative estimate of drug-likeness (QED) is 0.426. The number of hydrogen-bond donors (Lipinski definition) is 0. The highest BCUT2D eigenvalue weighted by Gasteiger charge is 2.19. The summed E-state index contributed by atoms with van der Waals surface area (Å²) in [5.74, 6) is 0.857. The van der Waals surface area contributed by atoms with Crippen molar-refractivity contribution < 1.29 is 9.66 Å². The van der Waals surface area contributed by atoms with Gasteiger partial charge in [-0.25, -0.2) is 0 Å². The SMILES string of the molecule is O=[N+]([O-])c1cc(Cl)c(Cl)cc1Oc1ccc(CCl)cc1. The zero-order chi connectivity index (χ0) is 14.7. The Morgan fingerprint density at radius 3 is 2.25 bits per heavy atom. The maximum Gasteiger partial charge on any atom is 0.313 e. The molecule has 0 fully saturated rings. The Bertz CT molecular complexity index is 644. The van der Waals surface area contributed by atoms with Gasteiger partial charge in [0.15, 0.2) is 0 Å². The van der Waals surface area contributed by atoms with Gasteiger partial charge in [-0.05, 0) is 17.7 Å². The number of nitro groups is 1. The van der Waals surface area contributed by atoms with Crippen LogP contribution in [-0.4, -0.2) is 4.92 Å². The van der Waals surface area contributed by atoms with E-state index in [9.17, 15) is 10.1 Å². The lowest BCUT2D eigenvalue weighted by atomic mass is 10.2. The Morgan fingerprint density at radius 2 is 1.70 bits per heavy atom. The molecular weight excluding hydrogens is 325 g/mol. The molecule has 0 aliphatic rings. The second-order valence-electron chi connectivity index (χ2n) is 3.87. The number of hydrogen-bond acceptors (Lipinski definition) is 3. The van der Waals surface area contributed by atoms with Gasteiger partial charge in [-0.1, -0.05) is 35.3 Å². The molecule has 0 spiro atoms. The lowest BCUT2D eigenvalue weighted by Crippen LogP contribution is -1.94. The molecule has 0 saturated heterocycles. The summed E-state index contributed by atoms with van der Waals surface area (Å²) in [7, 11) is 0. The number of rotatable bonds is 4. The Labute approximate surface area is 130 Å². The molecule has 2 aromatic rings. The van der Waals surface area contributed by atoms with Crippen LogP contribution in [0.15, 0.2) is 36.4 Å². The van der Waals surface area contributed by atoms with Gasteiger partial charge in [0, 0.05) is 18.0 Å². The highest BCUT2D eigenvalue weighted by molar-refractivity contribution is 6.42. The van der Waals surface area contributed by atoms with Crippen molar-refractivity contribution in [1.29, 1.82) is 0 Å². The molecule has 0 atom stereocenters. The smallest absolute Gasteiger partial charge is 0.313 e. The molecule has 0 aromatic heterocycles. The molecule has 104 valence electrons. The molecule has 0 unspecified atom stereocenters. The van der Waals surface area contributed by atoms with Gasteiger partial charge in [-0.15, -0.1) is 11.6 Å². The fourth-order valence-corrected chi connectivity index (χ4v) is 2.01. The van der Waals surface area contributed by atoms with Crippen molar-refractivity contribution in [2.45, 2.75) is 5.88 Å². The fourth-order valence-electron chi connectivity index (χ4n) is 1.52. The van der Waals surface area contributed by atoms with E-state index in [-0.39, 0.29) is 21.5 Å². The van der Waals surface area contributed by atoms with Gasteiger partial charge in [0.05, 0.1) is 15.0 Å². The van der Waals surface area contributed by atoms with Crippen LogP contribution in [0, 0.1) is 10.1 Å². The molecule has 0 amide bonds. The molecule has 0 bridgehead atoms. The standard InChI is InChI=1S/C13H8Cl3NO3/c14-7-8-1-3-9(4-2-8)20-13-6-11(16)10(15)5-12(13)17(18)19/h1-6H,7H2. The maximum absolute atomic E-state index is 11.0. The Balaban J connectivity index is 2.36. The fraction of sp³-hybridized carbons (Fsp3) is 0.0769. The molecule has 0 aliphatic carbocycles. The number of halogens is 3. The van der Waals surface area contributed by atoms with E-state index >= 15 is 0 Å². The molecule has 2 aromatic carbocycles. The van der Waals surface area contributed by atoms with Gasteiger partial charge in [-0.3, -0.25) is 10.1 Å². The first kappa shape index (κ1) is 14.9. The molecule has 4 nitrogen and oxygen atoms in total. The van der Waals surface area contributed by atoms with E-state index in [1.165, 1.54) is 6.07 Å². The molecule has 0 radical (unpaired) electrons. The van der Waals surface area contributed by atoms with E-state index in [1.54, 1.807) is 24.3 Å². The number of nitrogens with zero attached hydrogens (tertiary/aromatic N) is 1. The third-order valence-electron chi connectivity index (χ3n) is 2.50. The Kier molecular flexibility index (Phi) is 4.70. The average Bonchev–Trinajstić information content (AvgIpc) is 2.43. The van der Waals surface area contributed by atoms with Gasteiger partial charge < -0.3 is 4.74 Å². The largest absolute Gasteiger partial charge is 0.450 e. The van der Waals surface area contributed by atoms with Crippen LogP contribution in [0.25, 0.3) is 0 Å². The number of nitro benzene ring substituents is 1. The van der Waals surface area contributed by atoms with Gasteiger partial charge in [0.2, 0.25) is 5.75 Å². The summed E-state index contributed by atoms with van der Waals surface area (Å²) in [6, 6.07) is 9.36. The first-order valence-electron chi connectivity index (χ1n) is 5.47. The van der Waals surface area contributed by atoms with Crippen LogP contribution in [0.2, 0.25) is 10.0 Å². The third kappa shape index (κ3) is 3.33. The molecule has 20 heavy (non-hydrogen) atoms. The monoisotopic (exact) mass is 331 g/mol.